The highest BCUT2D eigenvalue weighted by Gasteiger charge is 2.20. The van der Waals surface area contributed by atoms with Crippen LogP contribution in [0.4, 0.5) is 0 Å². The summed E-state index contributed by atoms with van der Waals surface area (Å²) in [7, 11) is 0. The molecule has 1 aromatic carbocycles. The second-order valence-corrected chi connectivity index (χ2v) is 7.87. The molecule has 114 valence electrons. The number of aryl methyl sites for hydroxylation is 2. The second kappa shape index (κ2) is 6.31. The summed E-state index contributed by atoms with van der Waals surface area (Å²) >= 11 is 3.42. The molecule has 1 N–H and O–H groups in total. The number of benzene rings is 1. The third-order valence-electron chi connectivity index (χ3n) is 3.93. The summed E-state index contributed by atoms with van der Waals surface area (Å²) in [4.78, 5) is 15.8. The maximum absolute atomic E-state index is 12.4. The van der Waals surface area contributed by atoms with Gasteiger partial charge in [-0.2, -0.15) is 0 Å². The molecule has 0 spiro atoms. The molecule has 0 fully saturated rings. The number of amides is 1. The molecule has 2 aromatic rings. The van der Waals surface area contributed by atoms with Crippen LogP contribution in [0.5, 0.6) is 0 Å². The topological polar surface area (TPSA) is 29.1 Å². The van der Waals surface area contributed by atoms with Gasteiger partial charge in [-0.1, -0.05) is 29.8 Å². The molecule has 1 aliphatic heterocycles. The maximum Gasteiger partial charge on any atom is 0.258 e. The van der Waals surface area contributed by atoms with Gasteiger partial charge in [0.05, 0.1) is 4.91 Å². The van der Waals surface area contributed by atoms with Gasteiger partial charge in [-0.25, -0.2) is 0 Å². The Morgan fingerprint density at radius 1 is 1.27 bits per heavy atom. The number of hydrogen-bond acceptors (Lipinski definition) is 3. The van der Waals surface area contributed by atoms with Crippen molar-refractivity contribution >= 4 is 35.1 Å². The van der Waals surface area contributed by atoms with Crippen molar-refractivity contribution in [2.45, 2.75) is 33.1 Å². The van der Waals surface area contributed by atoms with Crippen molar-refractivity contribution in [2.24, 2.45) is 0 Å². The minimum absolute atomic E-state index is 0.0286. The molecule has 4 heteroatoms. The normalized spacial score (nSPS) is 13.5. The number of rotatable bonds is 3. The molecular weight excluding hydrogens is 310 g/mol. The molecule has 0 unspecified atom stereocenters. The average Bonchev–Trinajstić information content (AvgIpc) is 2.79. The van der Waals surface area contributed by atoms with Gasteiger partial charge in [0.15, 0.2) is 0 Å². The SMILES string of the molecule is Cc1cccc(CNC(=O)C2=Cc3sc(C)c(C)c3CS2)c1. The van der Waals surface area contributed by atoms with Crippen LogP contribution >= 0.6 is 23.1 Å². The van der Waals surface area contributed by atoms with Crippen molar-refractivity contribution in [1.29, 1.82) is 0 Å². The van der Waals surface area contributed by atoms with E-state index in [1.54, 1.807) is 23.1 Å². The number of carbonyl (C=O) groups excluding carboxylic acids is 1. The third-order valence-corrected chi connectivity index (χ3v) is 6.18. The van der Waals surface area contributed by atoms with Crippen LogP contribution in [-0.4, -0.2) is 5.91 Å². The Labute approximate surface area is 139 Å². The highest BCUT2D eigenvalue weighted by molar-refractivity contribution is 8.03. The number of carbonyl (C=O) groups is 1. The van der Waals surface area contributed by atoms with Crippen LogP contribution in [0, 0.1) is 20.8 Å². The first kappa shape index (κ1) is 15.4. The first-order valence-corrected chi connectivity index (χ1v) is 9.12. The molecule has 1 aliphatic rings. The zero-order chi connectivity index (χ0) is 15.7. The monoisotopic (exact) mass is 329 g/mol. The lowest BCUT2D eigenvalue weighted by molar-refractivity contribution is -0.116. The first-order valence-electron chi connectivity index (χ1n) is 7.31. The van der Waals surface area contributed by atoms with Crippen LogP contribution in [0.1, 0.15) is 32.0 Å². The van der Waals surface area contributed by atoms with Gasteiger partial charge in [0, 0.05) is 22.1 Å². The van der Waals surface area contributed by atoms with E-state index in [1.807, 2.05) is 18.2 Å². The second-order valence-electron chi connectivity index (χ2n) is 5.60. The third kappa shape index (κ3) is 3.13. The van der Waals surface area contributed by atoms with Crippen LogP contribution in [0.15, 0.2) is 29.2 Å². The van der Waals surface area contributed by atoms with Gasteiger partial charge in [-0.05, 0) is 43.5 Å². The molecular formula is C18H19NOS2. The van der Waals surface area contributed by atoms with E-state index in [9.17, 15) is 4.79 Å². The lowest BCUT2D eigenvalue weighted by Crippen LogP contribution is -2.24. The molecule has 0 radical (unpaired) electrons. The highest BCUT2D eigenvalue weighted by atomic mass is 32.2. The Morgan fingerprint density at radius 2 is 2.09 bits per heavy atom. The molecule has 0 atom stereocenters. The summed E-state index contributed by atoms with van der Waals surface area (Å²) in [6.07, 6.45) is 2.04. The number of nitrogens with one attached hydrogen (secondary N) is 1. The van der Waals surface area contributed by atoms with Crippen molar-refractivity contribution < 1.29 is 4.79 Å². The molecule has 0 saturated carbocycles. The fourth-order valence-corrected chi connectivity index (χ4v) is 4.90. The molecule has 22 heavy (non-hydrogen) atoms. The van der Waals surface area contributed by atoms with E-state index in [1.165, 1.54) is 26.4 Å². The summed E-state index contributed by atoms with van der Waals surface area (Å²) in [6.45, 7) is 6.96. The van der Waals surface area contributed by atoms with Crippen LogP contribution in [0.3, 0.4) is 0 Å². The van der Waals surface area contributed by atoms with Crippen LogP contribution in [-0.2, 0) is 17.1 Å². The minimum atomic E-state index is 0.0286. The molecule has 1 aromatic heterocycles. The minimum Gasteiger partial charge on any atom is -0.348 e. The van der Waals surface area contributed by atoms with Gasteiger partial charge in [0.2, 0.25) is 0 Å². The Bertz CT molecular complexity index is 758. The van der Waals surface area contributed by atoms with E-state index >= 15 is 0 Å². The molecule has 0 bridgehead atoms. The summed E-state index contributed by atoms with van der Waals surface area (Å²) in [6, 6.07) is 8.23. The predicted octanol–water partition coefficient (Wildman–Crippen LogP) is 4.58. The summed E-state index contributed by atoms with van der Waals surface area (Å²) in [5.74, 6) is 0.927. The van der Waals surface area contributed by atoms with Crippen molar-refractivity contribution in [3.05, 3.63) is 61.2 Å². The Kier molecular flexibility index (Phi) is 4.41. The summed E-state index contributed by atoms with van der Waals surface area (Å²) < 4.78 is 0. The van der Waals surface area contributed by atoms with E-state index in [0.717, 1.165) is 16.2 Å². The van der Waals surface area contributed by atoms with Crippen molar-refractivity contribution in [3.8, 4) is 0 Å². The van der Waals surface area contributed by atoms with Crippen molar-refractivity contribution in [3.63, 3.8) is 0 Å². The molecule has 3 rings (SSSR count). The van der Waals surface area contributed by atoms with Crippen LogP contribution < -0.4 is 5.32 Å². The summed E-state index contributed by atoms with van der Waals surface area (Å²) in [5, 5.41) is 3.02. The Hall–Kier alpha value is -1.52. The number of thioether (sulfide) groups is 1. The number of fused-ring (bicyclic) bond motifs is 1. The molecule has 0 saturated heterocycles. The van der Waals surface area contributed by atoms with Gasteiger partial charge in [0.25, 0.3) is 5.91 Å². The lowest BCUT2D eigenvalue weighted by Gasteiger charge is -2.14. The maximum atomic E-state index is 12.4. The predicted molar refractivity (Wildman–Crippen MR) is 96.1 cm³/mol. The van der Waals surface area contributed by atoms with Crippen LogP contribution in [0.25, 0.3) is 6.08 Å². The summed E-state index contributed by atoms with van der Waals surface area (Å²) in [5.41, 5.74) is 5.12. The van der Waals surface area contributed by atoms with E-state index in [4.69, 9.17) is 0 Å². The molecule has 2 nitrogen and oxygen atoms in total. The number of thiophene rings is 1. The standard InChI is InChI=1S/C18H19NOS2/c1-11-5-4-6-14(7-11)9-19-18(20)17-8-16-15(10-21-17)12(2)13(3)22-16/h4-8H,9-10H2,1-3H3,(H,19,20). The fraction of sp³-hybridized carbons (Fsp3) is 0.278. The zero-order valence-electron chi connectivity index (χ0n) is 13.0. The van der Waals surface area contributed by atoms with Gasteiger partial charge < -0.3 is 5.32 Å². The van der Waals surface area contributed by atoms with Gasteiger partial charge in [-0.15, -0.1) is 23.1 Å². The van der Waals surface area contributed by atoms with E-state index in [2.05, 4.69) is 38.2 Å². The van der Waals surface area contributed by atoms with Gasteiger partial charge in [-0.3, -0.25) is 4.79 Å². The lowest BCUT2D eigenvalue weighted by atomic mass is 10.1. The molecule has 1 amide bonds. The zero-order valence-corrected chi connectivity index (χ0v) is 14.7. The van der Waals surface area contributed by atoms with E-state index < -0.39 is 0 Å². The molecule has 2 heterocycles. The Morgan fingerprint density at radius 3 is 2.86 bits per heavy atom. The fourth-order valence-electron chi connectivity index (χ4n) is 2.53. The number of hydrogen-bond donors (Lipinski definition) is 1. The average molecular weight is 329 g/mol. The molecule has 0 aliphatic carbocycles. The largest absolute Gasteiger partial charge is 0.348 e. The van der Waals surface area contributed by atoms with E-state index in [-0.39, 0.29) is 5.91 Å². The first-order chi connectivity index (χ1) is 10.5. The van der Waals surface area contributed by atoms with Crippen molar-refractivity contribution in [2.75, 3.05) is 0 Å². The van der Waals surface area contributed by atoms with E-state index in [0.29, 0.717) is 6.54 Å². The highest BCUT2D eigenvalue weighted by Crippen LogP contribution is 2.39. The van der Waals surface area contributed by atoms with Gasteiger partial charge in [0.1, 0.15) is 0 Å². The Balaban J connectivity index is 1.71. The smallest absolute Gasteiger partial charge is 0.258 e. The van der Waals surface area contributed by atoms with Crippen molar-refractivity contribution in [1.82, 2.24) is 5.32 Å². The van der Waals surface area contributed by atoms with Gasteiger partial charge >= 0.3 is 0 Å². The quantitative estimate of drug-likeness (QED) is 0.893. The van der Waals surface area contributed by atoms with Crippen LogP contribution in [0.2, 0.25) is 0 Å².